The highest BCUT2D eigenvalue weighted by Gasteiger charge is 2.18. The van der Waals surface area contributed by atoms with Gasteiger partial charge < -0.3 is 10.6 Å². The van der Waals surface area contributed by atoms with Crippen LogP contribution in [0.25, 0.3) is 0 Å². The standard InChI is InChI=1S/C15H14F2N2O/c1-19(9-10-5-3-2-4-6-10)15(20)11-7-12(16)13(17)8-14(11)18/h2-8H,9,18H2,1H3. The maximum Gasteiger partial charge on any atom is 0.256 e. The minimum absolute atomic E-state index is 0.0395. The highest BCUT2D eigenvalue weighted by Crippen LogP contribution is 2.19. The lowest BCUT2D eigenvalue weighted by atomic mass is 10.1. The average Bonchev–Trinajstić information content (AvgIpc) is 2.43. The number of benzene rings is 2. The van der Waals surface area contributed by atoms with Gasteiger partial charge in [-0.3, -0.25) is 4.79 Å². The molecule has 0 saturated heterocycles. The van der Waals surface area contributed by atoms with Gasteiger partial charge in [-0.05, 0) is 11.6 Å². The van der Waals surface area contributed by atoms with E-state index in [1.165, 1.54) is 4.90 Å². The smallest absolute Gasteiger partial charge is 0.256 e. The third-order valence-corrected chi connectivity index (χ3v) is 2.93. The summed E-state index contributed by atoms with van der Waals surface area (Å²) in [6.45, 7) is 0.359. The molecular formula is C15H14F2N2O. The lowest BCUT2D eigenvalue weighted by Gasteiger charge is -2.18. The number of nitrogens with zero attached hydrogens (tertiary/aromatic N) is 1. The van der Waals surface area contributed by atoms with Crippen molar-refractivity contribution >= 4 is 11.6 Å². The zero-order valence-corrected chi connectivity index (χ0v) is 10.9. The summed E-state index contributed by atoms with van der Waals surface area (Å²) in [5, 5.41) is 0. The number of hydrogen-bond donors (Lipinski definition) is 1. The van der Waals surface area contributed by atoms with Crippen molar-refractivity contribution in [3.8, 4) is 0 Å². The normalized spacial score (nSPS) is 10.3. The Balaban J connectivity index is 2.21. The fourth-order valence-electron chi connectivity index (χ4n) is 1.88. The van der Waals surface area contributed by atoms with Gasteiger partial charge in [-0.2, -0.15) is 0 Å². The van der Waals surface area contributed by atoms with Crippen LogP contribution >= 0.6 is 0 Å². The number of amides is 1. The molecule has 0 radical (unpaired) electrons. The number of carbonyl (C=O) groups is 1. The van der Waals surface area contributed by atoms with Crippen LogP contribution in [0.15, 0.2) is 42.5 Å². The number of carbonyl (C=O) groups excluding carboxylic acids is 1. The van der Waals surface area contributed by atoms with Crippen LogP contribution in [0.2, 0.25) is 0 Å². The quantitative estimate of drug-likeness (QED) is 0.876. The lowest BCUT2D eigenvalue weighted by Crippen LogP contribution is -2.27. The van der Waals surface area contributed by atoms with Gasteiger partial charge in [0.15, 0.2) is 11.6 Å². The van der Waals surface area contributed by atoms with E-state index in [0.717, 1.165) is 17.7 Å². The Morgan fingerprint density at radius 1 is 1.15 bits per heavy atom. The SMILES string of the molecule is CN(Cc1ccccc1)C(=O)c1cc(F)c(F)cc1N. The number of hydrogen-bond acceptors (Lipinski definition) is 2. The first-order valence-corrected chi connectivity index (χ1v) is 6.03. The second-order valence-electron chi connectivity index (χ2n) is 4.50. The highest BCUT2D eigenvalue weighted by atomic mass is 19.2. The number of anilines is 1. The van der Waals surface area contributed by atoms with E-state index in [-0.39, 0.29) is 11.3 Å². The molecule has 0 heterocycles. The number of nitrogen functional groups attached to an aromatic ring is 1. The molecule has 2 aromatic rings. The summed E-state index contributed by atoms with van der Waals surface area (Å²) in [6.07, 6.45) is 0. The van der Waals surface area contributed by atoms with E-state index in [1.54, 1.807) is 7.05 Å². The Morgan fingerprint density at radius 3 is 2.40 bits per heavy atom. The first kappa shape index (κ1) is 14.0. The predicted octanol–water partition coefficient (Wildman–Crippen LogP) is 2.82. The molecule has 2 aromatic carbocycles. The molecule has 104 valence electrons. The van der Waals surface area contributed by atoms with Crippen LogP contribution in [0.1, 0.15) is 15.9 Å². The van der Waals surface area contributed by atoms with E-state index in [4.69, 9.17) is 5.73 Å². The molecule has 0 aliphatic heterocycles. The second kappa shape index (κ2) is 5.69. The highest BCUT2D eigenvalue weighted by molar-refractivity contribution is 5.99. The first-order chi connectivity index (χ1) is 9.49. The summed E-state index contributed by atoms with van der Waals surface area (Å²) in [5.74, 6) is -2.61. The molecule has 3 nitrogen and oxygen atoms in total. The molecule has 0 aliphatic carbocycles. The summed E-state index contributed by atoms with van der Waals surface area (Å²) in [4.78, 5) is 13.6. The fraction of sp³-hybridized carbons (Fsp3) is 0.133. The minimum Gasteiger partial charge on any atom is -0.398 e. The van der Waals surface area contributed by atoms with Gasteiger partial charge in [0, 0.05) is 25.3 Å². The molecule has 0 aromatic heterocycles. The van der Waals surface area contributed by atoms with Crippen LogP contribution in [-0.2, 0) is 6.54 Å². The summed E-state index contributed by atoms with van der Waals surface area (Å²) in [6, 6.07) is 11.0. The molecule has 0 aliphatic rings. The van der Waals surface area contributed by atoms with Crippen molar-refractivity contribution in [1.82, 2.24) is 4.90 Å². The summed E-state index contributed by atoms with van der Waals surface area (Å²) in [7, 11) is 1.58. The molecule has 1 amide bonds. The van der Waals surface area contributed by atoms with Crippen molar-refractivity contribution in [2.75, 3.05) is 12.8 Å². The summed E-state index contributed by atoms with van der Waals surface area (Å²) < 4.78 is 26.2. The minimum atomic E-state index is -1.09. The molecule has 20 heavy (non-hydrogen) atoms. The summed E-state index contributed by atoms with van der Waals surface area (Å²) in [5.41, 5.74) is 6.39. The zero-order chi connectivity index (χ0) is 14.7. The molecule has 0 atom stereocenters. The number of nitrogens with two attached hydrogens (primary N) is 1. The maximum absolute atomic E-state index is 13.2. The molecule has 0 fully saturated rings. The molecule has 0 saturated carbocycles. The van der Waals surface area contributed by atoms with Crippen LogP contribution in [0.4, 0.5) is 14.5 Å². The Bertz CT molecular complexity index is 629. The van der Waals surface area contributed by atoms with Crippen LogP contribution in [-0.4, -0.2) is 17.9 Å². The van der Waals surface area contributed by atoms with Crippen LogP contribution in [0.3, 0.4) is 0 Å². The van der Waals surface area contributed by atoms with Crippen LogP contribution in [0, 0.1) is 11.6 Å². The van der Waals surface area contributed by atoms with Gasteiger partial charge in [-0.15, -0.1) is 0 Å². The Morgan fingerprint density at radius 2 is 1.75 bits per heavy atom. The Labute approximate surface area is 115 Å². The van der Waals surface area contributed by atoms with E-state index in [1.807, 2.05) is 30.3 Å². The largest absolute Gasteiger partial charge is 0.398 e. The van der Waals surface area contributed by atoms with Crippen molar-refractivity contribution in [1.29, 1.82) is 0 Å². The van der Waals surface area contributed by atoms with E-state index >= 15 is 0 Å². The van der Waals surface area contributed by atoms with E-state index < -0.39 is 17.5 Å². The number of halogens is 2. The van der Waals surface area contributed by atoms with Crippen LogP contribution < -0.4 is 5.73 Å². The lowest BCUT2D eigenvalue weighted by molar-refractivity contribution is 0.0785. The first-order valence-electron chi connectivity index (χ1n) is 6.03. The molecule has 2 rings (SSSR count). The molecular weight excluding hydrogens is 262 g/mol. The van der Waals surface area contributed by atoms with Crippen molar-refractivity contribution < 1.29 is 13.6 Å². The van der Waals surface area contributed by atoms with Gasteiger partial charge >= 0.3 is 0 Å². The van der Waals surface area contributed by atoms with Gasteiger partial charge in [0.25, 0.3) is 5.91 Å². The van der Waals surface area contributed by atoms with Crippen LogP contribution in [0.5, 0.6) is 0 Å². The van der Waals surface area contributed by atoms with E-state index in [9.17, 15) is 13.6 Å². The van der Waals surface area contributed by atoms with E-state index in [2.05, 4.69) is 0 Å². The molecule has 5 heteroatoms. The molecule has 2 N–H and O–H groups in total. The van der Waals surface area contributed by atoms with Gasteiger partial charge in [0.2, 0.25) is 0 Å². The molecule has 0 bridgehead atoms. The second-order valence-corrected chi connectivity index (χ2v) is 4.50. The van der Waals surface area contributed by atoms with Gasteiger partial charge in [-0.25, -0.2) is 8.78 Å². The Hall–Kier alpha value is -2.43. The summed E-state index contributed by atoms with van der Waals surface area (Å²) >= 11 is 0. The molecule has 0 spiro atoms. The Kier molecular flexibility index (Phi) is 3.98. The fourth-order valence-corrected chi connectivity index (χ4v) is 1.88. The van der Waals surface area contributed by atoms with E-state index in [0.29, 0.717) is 6.54 Å². The van der Waals surface area contributed by atoms with Crippen molar-refractivity contribution in [2.45, 2.75) is 6.54 Å². The van der Waals surface area contributed by atoms with Crippen molar-refractivity contribution in [2.24, 2.45) is 0 Å². The monoisotopic (exact) mass is 276 g/mol. The number of rotatable bonds is 3. The van der Waals surface area contributed by atoms with Gasteiger partial charge in [0.05, 0.1) is 5.56 Å². The van der Waals surface area contributed by atoms with Crippen molar-refractivity contribution in [3.63, 3.8) is 0 Å². The van der Waals surface area contributed by atoms with Gasteiger partial charge in [0.1, 0.15) is 0 Å². The third kappa shape index (κ3) is 2.93. The zero-order valence-electron chi connectivity index (χ0n) is 10.9. The van der Waals surface area contributed by atoms with Crippen molar-refractivity contribution in [3.05, 3.63) is 65.2 Å². The average molecular weight is 276 g/mol. The topological polar surface area (TPSA) is 46.3 Å². The molecule has 0 unspecified atom stereocenters. The van der Waals surface area contributed by atoms with Gasteiger partial charge in [-0.1, -0.05) is 30.3 Å². The predicted molar refractivity (Wildman–Crippen MR) is 73.0 cm³/mol. The maximum atomic E-state index is 13.2. The third-order valence-electron chi connectivity index (χ3n) is 2.93.